The zero-order chi connectivity index (χ0) is 13.6. The fourth-order valence-corrected chi connectivity index (χ4v) is 4.57. The van der Waals surface area contributed by atoms with E-state index in [1.165, 1.54) is 0 Å². The van der Waals surface area contributed by atoms with Crippen LogP contribution in [0.25, 0.3) is 0 Å². The van der Waals surface area contributed by atoms with Crippen molar-refractivity contribution < 1.29 is 17.9 Å². The number of fused-ring (bicyclic) bond motifs is 2. The topological polar surface area (TPSA) is 66.9 Å². The van der Waals surface area contributed by atoms with Crippen molar-refractivity contribution in [1.29, 1.82) is 0 Å². The molecule has 0 radical (unpaired) electrons. The summed E-state index contributed by atoms with van der Waals surface area (Å²) in [5, 5.41) is 0. The van der Waals surface area contributed by atoms with Gasteiger partial charge in [-0.1, -0.05) is 0 Å². The maximum Gasteiger partial charge on any atom is 0.410 e. The highest BCUT2D eigenvalue weighted by Gasteiger charge is 2.47. The average Bonchev–Trinajstić information content (AvgIpc) is 3.14. The molecule has 3 rings (SSSR count). The molecular weight excluding hydrogens is 268 g/mol. The Labute approximate surface area is 113 Å². The van der Waals surface area contributed by atoms with Gasteiger partial charge in [-0.15, -0.1) is 0 Å². The minimum Gasteiger partial charge on any atom is -0.446 e. The van der Waals surface area contributed by atoms with Crippen LogP contribution in [0.15, 0.2) is 0 Å². The fraction of sp³-hybridized carbons (Fsp3) is 0.917. The maximum atomic E-state index is 12.1. The van der Waals surface area contributed by atoms with Crippen LogP contribution in [0.1, 0.15) is 32.6 Å². The molecule has 0 aromatic heterocycles. The first-order valence-electron chi connectivity index (χ1n) is 6.98. The lowest BCUT2D eigenvalue weighted by atomic mass is 10.2. The summed E-state index contributed by atoms with van der Waals surface area (Å²) in [6.07, 6.45) is 3.44. The largest absolute Gasteiger partial charge is 0.446 e. The van der Waals surface area contributed by atoms with E-state index in [2.05, 4.69) is 0 Å². The van der Waals surface area contributed by atoms with Crippen LogP contribution in [0.5, 0.6) is 0 Å². The third-order valence-corrected chi connectivity index (χ3v) is 6.12. The zero-order valence-corrected chi connectivity index (χ0v) is 11.9. The molecule has 2 heterocycles. The van der Waals surface area contributed by atoms with Gasteiger partial charge in [0.05, 0.1) is 5.75 Å². The number of likely N-dealkylation sites (tertiary alicyclic amines) is 1. The van der Waals surface area contributed by atoms with Crippen molar-refractivity contribution in [3.63, 3.8) is 0 Å². The summed E-state index contributed by atoms with van der Waals surface area (Å²) in [6, 6.07) is -0.120. The van der Waals surface area contributed by atoms with Gasteiger partial charge in [0.15, 0.2) is 0 Å². The molecule has 3 aliphatic rings. The fourth-order valence-electron chi connectivity index (χ4n) is 3.02. The molecule has 3 fully saturated rings. The highest BCUT2D eigenvalue weighted by molar-refractivity contribution is 7.89. The lowest BCUT2D eigenvalue weighted by Gasteiger charge is -2.39. The molecule has 2 atom stereocenters. The van der Waals surface area contributed by atoms with Crippen LogP contribution in [-0.4, -0.2) is 60.7 Å². The quantitative estimate of drug-likeness (QED) is 0.770. The molecule has 1 amide bonds. The number of ether oxygens (including phenoxy) is 1. The maximum absolute atomic E-state index is 12.1. The number of nitrogens with zero attached hydrogens (tertiary/aromatic N) is 2. The number of piperazine rings is 1. The number of rotatable bonds is 3. The number of hydrogen-bond donors (Lipinski definition) is 0. The lowest BCUT2D eigenvalue weighted by Crippen LogP contribution is -2.57. The Kier molecular flexibility index (Phi) is 3.21. The van der Waals surface area contributed by atoms with Crippen molar-refractivity contribution in [1.82, 2.24) is 9.21 Å². The predicted octanol–water partition coefficient (Wildman–Crippen LogP) is 0.784. The molecule has 0 spiro atoms. The first-order chi connectivity index (χ1) is 9.01. The number of sulfonamides is 1. The van der Waals surface area contributed by atoms with Gasteiger partial charge >= 0.3 is 6.09 Å². The summed E-state index contributed by atoms with van der Waals surface area (Å²) < 4.78 is 31.1. The van der Waals surface area contributed by atoms with E-state index in [0.29, 0.717) is 13.1 Å². The van der Waals surface area contributed by atoms with E-state index in [1.807, 2.05) is 0 Å². The SMILES string of the molecule is CCS(=O)(=O)N1C2CCC1CN(C(=O)OC1CC1)C2. The molecule has 108 valence electrons. The van der Waals surface area contributed by atoms with Crippen LogP contribution >= 0.6 is 0 Å². The van der Waals surface area contributed by atoms with Crippen molar-refractivity contribution in [3.8, 4) is 0 Å². The van der Waals surface area contributed by atoms with Crippen LogP contribution in [0, 0.1) is 0 Å². The second-order valence-electron chi connectivity index (χ2n) is 5.60. The molecule has 0 aromatic rings. The number of amides is 1. The smallest absolute Gasteiger partial charge is 0.410 e. The monoisotopic (exact) mass is 288 g/mol. The standard InChI is InChI=1S/C12H20N2O4S/c1-2-19(16,17)14-9-3-4-10(14)8-13(7-9)12(15)18-11-5-6-11/h9-11H,2-8H2,1H3. The van der Waals surface area contributed by atoms with Crippen molar-refractivity contribution >= 4 is 16.1 Å². The lowest BCUT2D eigenvalue weighted by molar-refractivity contribution is 0.0679. The van der Waals surface area contributed by atoms with Gasteiger partial charge in [0.1, 0.15) is 6.10 Å². The molecule has 2 bridgehead atoms. The summed E-state index contributed by atoms with van der Waals surface area (Å²) >= 11 is 0. The van der Waals surface area contributed by atoms with E-state index in [4.69, 9.17) is 4.74 Å². The highest BCUT2D eigenvalue weighted by atomic mass is 32.2. The van der Waals surface area contributed by atoms with E-state index < -0.39 is 10.0 Å². The molecule has 7 heteroatoms. The molecule has 2 saturated heterocycles. The van der Waals surface area contributed by atoms with E-state index >= 15 is 0 Å². The third-order valence-electron chi connectivity index (χ3n) is 4.15. The number of carbonyl (C=O) groups is 1. The van der Waals surface area contributed by atoms with Crippen molar-refractivity contribution in [2.75, 3.05) is 18.8 Å². The summed E-state index contributed by atoms with van der Waals surface area (Å²) in [5.41, 5.74) is 0. The molecule has 2 unspecified atom stereocenters. The first-order valence-corrected chi connectivity index (χ1v) is 8.59. The second-order valence-corrected chi connectivity index (χ2v) is 7.77. The number of carbonyl (C=O) groups excluding carboxylic acids is 1. The van der Waals surface area contributed by atoms with E-state index in [9.17, 15) is 13.2 Å². The van der Waals surface area contributed by atoms with Crippen molar-refractivity contribution in [2.24, 2.45) is 0 Å². The van der Waals surface area contributed by atoms with Crippen LogP contribution < -0.4 is 0 Å². The first kappa shape index (κ1) is 13.2. The van der Waals surface area contributed by atoms with Gasteiger partial charge in [-0.25, -0.2) is 13.2 Å². The Hall–Kier alpha value is -0.820. The summed E-state index contributed by atoms with van der Waals surface area (Å²) in [5.74, 6) is 0.131. The Morgan fingerprint density at radius 1 is 1.16 bits per heavy atom. The Morgan fingerprint density at radius 3 is 2.21 bits per heavy atom. The molecule has 0 N–H and O–H groups in total. The van der Waals surface area contributed by atoms with E-state index in [1.54, 1.807) is 16.1 Å². The molecular formula is C12H20N2O4S. The van der Waals surface area contributed by atoms with Crippen LogP contribution in [0.3, 0.4) is 0 Å². The van der Waals surface area contributed by atoms with Crippen LogP contribution in [0.2, 0.25) is 0 Å². The second kappa shape index (κ2) is 4.63. The van der Waals surface area contributed by atoms with E-state index in [0.717, 1.165) is 25.7 Å². The van der Waals surface area contributed by atoms with Gasteiger partial charge in [-0.2, -0.15) is 4.31 Å². The third kappa shape index (κ3) is 2.45. The van der Waals surface area contributed by atoms with Crippen LogP contribution in [-0.2, 0) is 14.8 Å². The van der Waals surface area contributed by atoms with Gasteiger partial charge in [0.2, 0.25) is 10.0 Å². The molecule has 19 heavy (non-hydrogen) atoms. The normalized spacial score (nSPS) is 31.5. The van der Waals surface area contributed by atoms with Crippen molar-refractivity contribution in [3.05, 3.63) is 0 Å². The van der Waals surface area contributed by atoms with Gasteiger partial charge in [0, 0.05) is 25.2 Å². The highest BCUT2D eigenvalue weighted by Crippen LogP contribution is 2.34. The zero-order valence-electron chi connectivity index (χ0n) is 11.1. The summed E-state index contributed by atoms with van der Waals surface area (Å²) in [4.78, 5) is 13.6. The Bertz CT molecular complexity index is 460. The van der Waals surface area contributed by atoms with E-state index in [-0.39, 0.29) is 30.0 Å². The van der Waals surface area contributed by atoms with Gasteiger partial charge < -0.3 is 9.64 Å². The molecule has 1 saturated carbocycles. The van der Waals surface area contributed by atoms with Crippen LogP contribution in [0.4, 0.5) is 4.79 Å². The minimum atomic E-state index is -3.16. The van der Waals surface area contributed by atoms with Gasteiger partial charge in [-0.3, -0.25) is 0 Å². The molecule has 2 aliphatic heterocycles. The summed E-state index contributed by atoms with van der Waals surface area (Å²) in [7, 11) is -3.16. The molecule has 1 aliphatic carbocycles. The predicted molar refractivity (Wildman–Crippen MR) is 69.2 cm³/mol. The molecule has 0 aromatic carbocycles. The Balaban J connectivity index is 1.69. The van der Waals surface area contributed by atoms with Gasteiger partial charge in [0.25, 0.3) is 0 Å². The summed E-state index contributed by atoms with van der Waals surface area (Å²) in [6.45, 7) is 2.62. The van der Waals surface area contributed by atoms with Crippen molar-refractivity contribution in [2.45, 2.75) is 50.8 Å². The van der Waals surface area contributed by atoms with Gasteiger partial charge in [-0.05, 0) is 32.6 Å². The Morgan fingerprint density at radius 2 is 1.74 bits per heavy atom. The number of hydrogen-bond acceptors (Lipinski definition) is 4. The minimum absolute atomic E-state index is 0.0598. The average molecular weight is 288 g/mol. The molecule has 6 nitrogen and oxygen atoms in total.